The summed E-state index contributed by atoms with van der Waals surface area (Å²) in [4.78, 5) is 30.7. The van der Waals surface area contributed by atoms with E-state index in [-0.39, 0.29) is 24.8 Å². The molecular formula is C23H23N3O4S. The van der Waals surface area contributed by atoms with Crippen molar-refractivity contribution in [2.75, 3.05) is 30.0 Å². The number of carbonyl (C=O) groups is 2. The predicted octanol–water partition coefficient (Wildman–Crippen LogP) is 4.35. The number of aromatic nitrogens is 1. The summed E-state index contributed by atoms with van der Waals surface area (Å²) in [6.45, 7) is 3.03. The standard InChI is InChI=1S/C23H23N3O4S/c1-2-11-26-19-13-16(8-9-20(19)30-14-22(26)28)18-15-31-23(24-18)25-21(27)10-12-29-17-6-4-3-5-7-17/h3-9,13,15H,2,10-12,14H2,1H3,(H,24,25,27). The lowest BCUT2D eigenvalue weighted by Crippen LogP contribution is -2.39. The minimum atomic E-state index is -0.157. The zero-order valence-electron chi connectivity index (χ0n) is 17.2. The zero-order valence-corrected chi connectivity index (χ0v) is 18.0. The highest BCUT2D eigenvalue weighted by atomic mass is 32.1. The van der Waals surface area contributed by atoms with Crippen molar-refractivity contribution >= 4 is 34.0 Å². The van der Waals surface area contributed by atoms with Crippen LogP contribution in [0, 0.1) is 0 Å². The van der Waals surface area contributed by atoms with Crippen molar-refractivity contribution in [3.8, 4) is 22.8 Å². The molecule has 0 radical (unpaired) electrons. The molecule has 3 aromatic rings. The molecule has 0 atom stereocenters. The summed E-state index contributed by atoms with van der Waals surface area (Å²) in [7, 11) is 0. The van der Waals surface area contributed by atoms with E-state index < -0.39 is 0 Å². The third-order valence-corrected chi connectivity index (χ3v) is 5.49. The van der Waals surface area contributed by atoms with Gasteiger partial charge in [0.25, 0.3) is 5.91 Å². The zero-order chi connectivity index (χ0) is 21.6. The number of nitrogens with zero attached hydrogens (tertiary/aromatic N) is 2. The molecule has 1 aliphatic rings. The Hall–Kier alpha value is -3.39. The molecule has 8 heteroatoms. The predicted molar refractivity (Wildman–Crippen MR) is 121 cm³/mol. The Morgan fingerprint density at radius 2 is 2.10 bits per heavy atom. The molecule has 0 saturated carbocycles. The Morgan fingerprint density at radius 1 is 1.26 bits per heavy atom. The lowest BCUT2D eigenvalue weighted by Gasteiger charge is -2.29. The summed E-state index contributed by atoms with van der Waals surface area (Å²) >= 11 is 1.36. The van der Waals surface area contributed by atoms with Crippen LogP contribution in [0.25, 0.3) is 11.3 Å². The smallest absolute Gasteiger partial charge is 0.265 e. The van der Waals surface area contributed by atoms with E-state index in [1.165, 1.54) is 11.3 Å². The third kappa shape index (κ3) is 5.03. The second-order valence-corrected chi connectivity index (χ2v) is 7.87. The Bertz CT molecular complexity index is 1070. The molecule has 0 fully saturated rings. The van der Waals surface area contributed by atoms with Crippen molar-refractivity contribution < 1.29 is 19.1 Å². The van der Waals surface area contributed by atoms with Gasteiger partial charge >= 0.3 is 0 Å². The van der Waals surface area contributed by atoms with Gasteiger partial charge in [-0.2, -0.15) is 0 Å². The first-order valence-corrected chi connectivity index (χ1v) is 11.0. The van der Waals surface area contributed by atoms with E-state index in [1.54, 1.807) is 4.90 Å². The van der Waals surface area contributed by atoms with Gasteiger partial charge in [-0.05, 0) is 36.8 Å². The SMILES string of the molecule is CCCN1C(=O)COc2ccc(-c3csc(NC(=O)CCOc4ccccc4)n3)cc21. The number of benzene rings is 2. The fourth-order valence-corrected chi connectivity index (χ4v) is 3.99. The summed E-state index contributed by atoms with van der Waals surface area (Å²) in [5.74, 6) is 1.23. The van der Waals surface area contributed by atoms with Crippen molar-refractivity contribution in [2.45, 2.75) is 19.8 Å². The summed E-state index contributed by atoms with van der Waals surface area (Å²) < 4.78 is 11.1. The lowest BCUT2D eigenvalue weighted by atomic mass is 10.1. The maximum Gasteiger partial charge on any atom is 0.265 e. The molecule has 1 N–H and O–H groups in total. The first-order chi connectivity index (χ1) is 15.1. The maximum atomic E-state index is 12.2. The number of carbonyl (C=O) groups excluding carboxylic acids is 2. The van der Waals surface area contributed by atoms with Gasteiger partial charge in [0.2, 0.25) is 5.91 Å². The fourth-order valence-electron chi connectivity index (χ4n) is 3.25. The van der Waals surface area contributed by atoms with E-state index >= 15 is 0 Å². The van der Waals surface area contributed by atoms with Crippen molar-refractivity contribution in [1.29, 1.82) is 0 Å². The molecule has 2 amide bonds. The molecule has 7 nitrogen and oxygen atoms in total. The van der Waals surface area contributed by atoms with Gasteiger partial charge in [0.15, 0.2) is 11.7 Å². The Morgan fingerprint density at radius 3 is 2.90 bits per heavy atom. The number of thiazole rings is 1. The largest absolute Gasteiger partial charge is 0.493 e. The lowest BCUT2D eigenvalue weighted by molar-refractivity contribution is -0.121. The van der Waals surface area contributed by atoms with Gasteiger partial charge in [-0.1, -0.05) is 25.1 Å². The van der Waals surface area contributed by atoms with E-state index in [0.29, 0.717) is 24.0 Å². The molecule has 0 unspecified atom stereocenters. The molecule has 0 bridgehead atoms. The minimum Gasteiger partial charge on any atom is -0.493 e. The molecule has 0 spiro atoms. The molecule has 1 aromatic heterocycles. The average Bonchev–Trinajstić information content (AvgIpc) is 3.24. The van der Waals surface area contributed by atoms with E-state index in [4.69, 9.17) is 9.47 Å². The normalized spacial score (nSPS) is 12.8. The van der Waals surface area contributed by atoms with Crippen LogP contribution in [0.1, 0.15) is 19.8 Å². The first kappa shape index (κ1) is 20.9. The number of ether oxygens (including phenoxy) is 2. The monoisotopic (exact) mass is 437 g/mol. The van der Waals surface area contributed by atoms with Crippen molar-refractivity contribution in [3.05, 3.63) is 53.9 Å². The highest BCUT2D eigenvalue weighted by molar-refractivity contribution is 7.14. The topological polar surface area (TPSA) is 80.8 Å². The van der Waals surface area contributed by atoms with Crippen LogP contribution in [0.5, 0.6) is 11.5 Å². The molecule has 0 aliphatic carbocycles. The van der Waals surface area contributed by atoms with Crippen LogP contribution >= 0.6 is 11.3 Å². The van der Waals surface area contributed by atoms with E-state index in [1.807, 2.05) is 60.8 Å². The van der Waals surface area contributed by atoms with E-state index in [2.05, 4.69) is 10.3 Å². The summed E-state index contributed by atoms with van der Waals surface area (Å²) in [6.07, 6.45) is 1.09. The number of para-hydroxylation sites is 1. The van der Waals surface area contributed by atoms with Crippen molar-refractivity contribution in [3.63, 3.8) is 0 Å². The second kappa shape index (κ2) is 9.61. The van der Waals surface area contributed by atoms with Gasteiger partial charge in [-0.3, -0.25) is 9.59 Å². The van der Waals surface area contributed by atoms with Crippen LogP contribution in [0.3, 0.4) is 0 Å². The number of hydrogen-bond donors (Lipinski definition) is 1. The molecule has 2 aromatic carbocycles. The van der Waals surface area contributed by atoms with Gasteiger partial charge in [0, 0.05) is 17.5 Å². The minimum absolute atomic E-state index is 0.0459. The van der Waals surface area contributed by atoms with E-state index in [9.17, 15) is 9.59 Å². The fraction of sp³-hybridized carbons (Fsp3) is 0.261. The van der Waals surface area contributed by atoms with Crippen LogP contribution < -0.4 is 19.7 Å². The number of fused-ring (bicyclic) bond motifs is 1. The van der Waals surface area contributed by atoms with Crippen LogP contribution in [-0.4, -0.2) is 36.6 Å². The van der Waals surface area contributed by atoms with Gasteiger partial charge in [-0.25, -0.2) is 4.98 Å². The van der Waals surface area contributed by atoms with Crippen LogP contribution in [0.2, 0.25) is 0 Å². The molecule has 160 valence electrons. The average molecular weight is 438 g/mol. The second-order valence-electron chi connectivity index (χ2n) is 7.01. The van der Waals surface area contributed by atoms with Gasteiger partial charge < -0.3 is 19.7 Å². The molecule has 0 saturated heterocycles. The Labute approximate surface area is 184 Å². The number of anilines is 2. The Kier molecular flexibility index (Phi) is 6.47. The molecular weight excluding hydrogens is 414 g/mol. The third-order valence-electron chi connectivity index (χ3n) is 4.74. The van der Waals surface area contributed by atoms with Crippen LogP contribution in [-0.2, 0) is 9.59 Å². The van der Waals surface area contributed by atoms with Gasteiger partial charge in [0.05, 0.1) is 24.4 Å². The maximum absolute atomic E-state index is 12.2. The Balaban J connectivity index is 1.39. The quantitative estimate of drug-likeness (QED) is 0.567. The van der Waals surface area contributed by atoms with Crippen molar-refractivity contribution in [2.24, 2.45) is 0 Å². The summed E-state index contributed by atoms with van der Waals surface area (Å²) in [6, 6.07) is 15.1. The molecule has 2 heterocycles. The highest BCUT2D eigenvalue weighted by Crippen LogP contribution is 2.36. The number of amides is 2. The van der Waals surface area contributed by atoms with Gasteiger partial charge in [-0.15, -0.1) is 11.3 Å². The molecule has 1 aliphatic heterocycles. The van der Waals surface area contributed by atoms with Gasteiger partial charge in [0.1, 0.15) is 11.5 Å². The van der Waals surface area contributed by atoms with E-state index in [0.717, 1.165) is 29.1 Å². The number of nitrogens with one attached hydrogen (secondary N) is 1. The molecule has 4 rings (SSSR count). The summed E-state index contributed by atoms with van der Waals surface area (Å²) in [5, 5.41) is 5.22. The van der Waals surface area contributed by atoms with Crippen LogP contribution in [0.15, 0.2) is 53.9 Å². The molecule has 31 heavy (non-hydrogen) atoms. The summed E-state index contributed by atoms with van der Waals surface area (Å²) in [5.41, 5.74) is 2.35. The van der Waals surface area contributed by atoms with Crippen LogP contribution in [0.4, 0.5) is 10.8 Å². The first-order valence-electron chi connectivity index (χ1n) is 10.1. The number of hydrogen-bond acceptors (Lipinski definition) is 6. The highest BCUT2D eigenvalue weighted by Gasteiger charge is 2.25. The number of rotatable bonds is 8. The van der Waals surface area contributed by atoms with Crippen molar-refractivity contribution in [1.82, 2.24) is 4.98 Å².